The molecule has 0 aliphatic rings. The fourth-order valence-electron chi connectivity index (χ4n) is 2.77. The minimum absolute atomic E-state index is 0.0444. The van der Waals surface area contributed by atoms with Crippen LogP contribution in [0.3, 0.4) is 0 Å². The van der Waals surface area contributed by atoms with Crippen LogP contribution in [-0.2, 0) is 0 Å². The molecule has 11 heteroatoms. The highest BCUT2D eigenvalue weighted by atomic mass is 19.3. The Morgan fingerprint density at radius 2 is 1.73 bits per heavy atom. The number of hydrogen-bond donors (Lipinski definition) is 0. The number of benzene rings is 2. The maximum Gasteiger partial charge on any atom is 0.387 e. The zero-order valence-electron chi connectivity index (χ0n) is 15.3. The van der Waals surface area contributed by atoms with Gasteiger partial charge in [-0.2, -0.15) is 8.78 Å². The molecule has 0 saturated carbocycles. The van der Waals surface area contributed by atoms with Crippen LogP contribution in [0.4, 0.5) is 20.2 Å². The number of non-ortho nitro benzene ring substituents is 1. The smallest absolute Gasteiger partial charge is 0.387 e. The zero-order valence-corrected chi connectivity index (χ0v) is 15.3. The number of nitrogens with zero attached hydrogens (tertiary/aromatic N) is 3. The number of nitro benzene ring substituents is 2. The van der Waals surface area contributed by atoms with Gasteiger partial charge in [0.05, 0.1) is 34.3 Å². The first-order valence-electron chi connectivity index (χ1n) is 8.33. The van der Waals surface area contributed by atoms with Crippen LogP contribution in [0.5, 0.6) is 11.5 Å². The molecule has 30 heavy (non-hydrogen) atoms. The average molecular weight is 417 g/mol. The fourth-order valence-corrected chi connectivity index (χ4v) is 2.77. The van der Waals surface area contributed by atoms with E-state index in [1.54, 1.807) is 18.2 Å². The Hall–Kier alpha value is -4.15. The second-order valence-electron chi connectivity index (χ2n) is 5.87. The Balaban J connectivity index is 2.05. The molecule has 2 aromatic carbocycles. The van der Waals surface area contributed by atoms with Crippen molar-refractivity contribution in [3.05, 3.63) is 74.0 Å². The molecule has 0 aliphatic carbocycles. The van der Waals surface area contributed by atoms with Crippen LogP contribution >= 0.6 is 0 Å². The van der Waals surface area contributed by atoms with E-state index in [0.29, 0.717) is 11.1 Å². The summed E-state index contributed by atoms with van der Waals surface area (Å²) in [5.74, 6) is -0.599. The van der Waals surface area contributed by atoms with Gasteiger partial charge >= 0.3 is 6.61 Å². The molecular formula is C19H13F2N3O6. The van der Waals surface area contributed by atoms with Gasteiger partial charge in [0.1, 0.15) is 5.52 Å². The zero-order chi connectivity index (χ0) is 21.8. The van der Waals surface area contributed by atoms with Crippen molar-refractivity contribution >= 4 is 34.4 Å². The highest BCUT2D eigenvalue weighted by molar-refractivity contribution is 5.88. The van der Waals surface area contributed by atoms with E-state index >= 15 is 0 Å². The van der Waals surface area contributed by atoms with Crippen molar-refractivity contribution in [1.29, 1.82) is 0 Å². The van der Waals surface area contributed by atoms with Gasteiger partial charge in [-0.1, -0.05) is 18.2 Å². The molecule has 0 unspecified atom stereocenters. The summed E-state index contributed by atoms with van der Waals surface area (Å²) in [6.07, 6.45) is 2.74. The molecule has 1 heterocycles. The van der Waals surface area contributed by atoms with Gasteiger partial charge in [0.15, 0.2) is 11.5 Å². The van der Waals surface area contributed by atoms with Crippen LogP contribution in [-0.4, -0.2) is 28.6 Å². The topological polar surface area (TPSA) is 118 Å². The Labute approximate surface area is 167 Å². The molecule has 0 aliphatic heterocycles. The lowest BCUT2D eigenvalue weighted by molar-refractivity contribution is -0.385. The van der Waals surface area contributed by atoms with Crippen molar-refractivity contribution in [3.8, 4) is 11.5 Å². The largest absolute Gasteiger partial charge is 0.493 e. The maximum atomic E-state index is 12.5. The highest BCUT2D eigenvalue weighted by Crippen LogP contribution is 2.36. The van der Waals surface area contributed by atoms with Crippen LogP contribution in [0, 0.1) is 20.2 Å². The van der Waals surface area contributed by atoms with Crippen LogP contribution in [0.15, 0.2) is 42.5 Å². The molecule has 0 atom stereocenters. The molecule has 154 valence electrons. The number of halogens is 2. The number of nitro groups is 2. The summed E-state index contributed by atoms with van der Waals surface area (Å²) in [4.78, 5) is 25.5. The van der Waals surface area contributed by atoms with Crippen LogP contribution in [0.1, 0.15) is 11.3 Å². The third kappa shape index (κ3) is 4.29. The van der Waals surface area contributed by atoms with Crippen molar-refractivity contribution in [2.45, 2.75) is 6.61 Å². The number of ether oxygens (including phenoxy) is 2. The number of fused-ring (bicyclic) bond motifs is 1. The number of alkyl halides is 2. The molecule has 0 radical (unpaired) electrons. The average Bonchev–Trinajstić information content (AvgIpc) is 2.71. The van der Waals surface area contributed by atoms with Crippen molar-refractivity contribution in [1.82, 2.24) is 4.98 Å². The van der Waals surface area contributed by atoms with E-state index in [0.717, 1.165) is 6.07 Å². The first-order chi connectivity index (χ1) is 14.3. The van der Waals surface area contributed by atoms with Gasteiger partial charge in [-0.3, -0.25) is 20.2 Å². The summed E-state index contributed by atoms with van der Waals surface area (Å²) in [5, 5.41) is 23.1. The normalized spacial score (nSPS) is 11.2. The van der Waals surface area contributed by atoms with Crippen molar-refractivity contribution in [2.75, 3.05) is 7.11 Å². The molecule has 3 aromatic rings. The molecule has 0 spiro atoms. The van der Waals surface area contributed by atoms with Crippen LogP contribution in [0.25, 0.3) is 23.1 Å². The summed E-state index contributed by atoms with van der Waals surface area (Å²) in [7, 11) is 1.21. The summed E-state index contributed by atoms with van der Waals surface area (Å²) in [5.41, 5.74) is -0.156. The SMILES string of the molecule is COc1cc(/C=C/c2ccc3cccc([N+](=O)[O-])c3n2)c([N+](=O)[O-])cc1OC(F)F. The van der Waals surface area contributed by atoms with Gasteiger partial charge in [0, 0.05) is 11.5 Å². The van der Waals surface area contributed by atoms with Crippen LogP contribution in [0.2, 0.25) is 0 Å². The molecular weight excluding hydrogens is 404 g/mol. The van der Waals surface area contributed by atoms with E-state index in [1.165, 1.54) is 37.5 Å². The monoisotopic (exact) mass is 417 g/mol. The van der Waals surface area contributed by atoms with Gasteiger partial charge in [0.2, 0.25) is 0 Å². The first kappa shape index (κ1) is 20.6. The van der Waals surface area contributed by atoms with E-state index in [9.17, 15) is 29.0 Å². The maximum absolute atomic E-state index is 12.5. The molecule has 1 aromatic heterocycles. The molecule has 0 fully saturated rings. The number of rotatable bonds is 7. The predicted octanol–water partition coefficient (Wildman–Crippen LogP) is 4.83. The second kappa shape index (κ2) is 8.47. The van der Waals surface area contributed by atoms with Crippen LogP contribution < -0.4 is 9.47 Å². The number of methoxy groups -OCH3 is 1. The summed E-state index contributed by atoms with van der Waals surface area (Å²) in [6, 6.07) is 9.75. The number of aromatic nitrogens is 1. The van der Waals surface area contributed by atoms with E-state index in [-0.39, 0.29) is 22.5 Å². The molecule has 0 saturated heterocycles. The number of pyridine rings is 1. The molecule has 0 amide bonds. The van der Waals surface area contributed by atoms with Gasteiger partial charge in [0.25, 0.3) is 11.4 Å². The summed E-state index contributed by atoms with van der Waals surface area (Å²) < 4.78 is 34.3. The Kier molecular flexibility index (Phi) is 5.81. The van der Waals surface area contributed by atoms with E-state index in [4.69, 9.17) is 4.74 Å². The third-order valence-electron chi connectivity index (χ3n) is 4.08. The fraction of sp³-hybridized carbons (Fsp3) is 0.105. The summed E-state index contributed by atoms with van der Waals surface area (Å²) >= 11 is 0. The van der Waals surface area contributed by atoms with E-state index in [1.807, 2.05) is 0 Å². The van der Waals surface area contributed by atoms with E-state index < -0.39 is 27.9 Å². The predicted molar refractivity (Wildman–Crippen MR) is 104 cm³/mol. The minimum atomic E-state index is -3.18. The second-order valence-corrected chi connectivity index (χ2v) is 5.87. The minimum Gasteiger partial charge on any atom is -0.493 e. The lowest BCUT2D eigenvalue weighted by Crippen LogP contribution is -2.05. The molecule has 0 N–H and O–H groups in total. The molecule has 3 rings (SSSR count). The van der Waals surface area contributed by atoms with Crippen molar-refractivity contribution in [3.63, 3.8) is 0 Å². The number of para-hydroxylation sites is 1. The third-order valence-corrected chi connectivity index (χ3v) is 4.08. The number of hydrogen-bond acceptors (Lipinski definition) is 7. The molecule has 9 nitrogen and oxygen atoms in total. The standard InChI is InChI=1S/C19H13F2N3O6/c1-29-16-9-12(15(24(27)28)10-17(16)30-19(20)21)6-8-13-7-5-11-3-2-4-14(23(25)26)18(11)22-13/h2-10,19H,1H3/b8-6+. The van der Waals surface area contributed by atoms with Gasteiger partial charge < -0.3 is 9.47 Å². The van der Waals surface area contributed by atoms with Gasteiger partial charge in [-0.15, -0.1) is 0 Å². The Morgan fingerprint density at radius 3 is 2.37 bits per heavy atom. The van der Waals surface area contributed by atoms with Gasteiger partial charge in [-0.05, 0) is 24.3 Å². The Bertz CT molecular complexity index is 1170. The lowest BCUT2D eigenvalue weighted by Gasteiger charge is -2.10. The highest BCUT2D eigenvalue weighted by Gasteiger charge is 2.20. The first-order valence-corrected chi connectivity index (χ1v) is 8.33. The Morgan fingerprint density at radius 1 is 1.00 bits per heavy atom. The van der Waals surface area contributed by atoms with Crippen molar-refractivity contribution in [2.24, 2.45) is 0 Å². The quantitative estimate of drug-likeness (QED) is 0.399. The molecule has 0 bridgehead atoms. The van der Waals surface area contributed by atoms with Crippen molar-refractivity contribution < 1.29 is 28.1 Å². The lowest BCUT2D eigenvalue weighted by atomic mass is 10.1. The van der Waals surface area contributed by atoms with Gasteiger partial charge in [-0.25, -0.2) is 4.98 Å². The summed E-state index contributed by atoms with van der Waals surface area (Å²) in [6.45, 7) is -3.18. The van der Waals surface area contributed by atoms with E-state index in [2.05, 4.69) is 9.72 Å².